The summed E-state index contributed by atoms with van der Waals surface area (Å²) in [4.78, 5) is 24.5. The summed E-state index contributed by atoms with van der Waals surface area (Å²) < 4.78 is 0. The summed E-state index contributed by atoms with van der Waals surface area (Å²) in [6.45, 7) is 10.2. The van der Waals surface area contributed by atoms with Crippen LogP contribution in [0.1, 0.15) is 159 Å². The van der Waals surface area contributed by atoms with Crippen LogP contribution in [0.3, 0.4) is 0 Å². The highest BCUT2D eigenvalue weighted by Crippen LogP contribution is 2.72. The number of aromatic carboxylic acids is 2. The Balaban J connectivity index is 1.17. The molecule has 0 spiro atoms. The molecule has 4 heteroatoms. The van der Waals surface area contributed by atoms with Crippen molar-refractivity contribution in [2.75, 3.05) is 0 Å². The highest BCUT2D eigenvalue weighted by molar-refractivity contribution is 5.91. The van der Waals surface area contributed by atoms with Crippen LogP contribution < -0.4 is 0 Å². The maximum atomic E-state index is 12.2. The van der Waals surface area contributed by atoms with E-state index in [1.807, 2.05) is 24.3 Å². The molecule has 4 nitrogen and oxygen atoms in total. The lowest BCUT2D eigenvalue weighted by molar-refractivity contribution is -0.110. The van der Waals surface area contributed by atoms with E-state index in [1.54, 1.807) is 24.3 Å². The van der Waals surface area contributed by atoms with Crippen LogP contribution in [-0.2, 0) is 16.2 Å². The monoisotopic (exact) mass is 730 g/mol. The number of carbonyl (C=O) groups is 2. The van der Waals surface area contributed by atoms with Gasteiger partial charge in [-0.15, -0.1) is 0 Å². The molecule has 13 rings (SSSR count). The molecule has 8 fully saturated rings. The van der Waals surface area contributed by atoms with E-state index in [1.165, 1.54) is 110 Å². The first-order valence-corrected chi connectivity index (χ1v) is 21.0. The molecule has 282 valence electrons. The largest absolute Gasteiger partial charge is 0.478 e. The van der Waals surface area contributed by atoms with Crippen LogP contribution in [0.4, 0.5) is 0 Å². The fourth-order valence-corrected chi connectivity index (χ4v) is 17.0. The van der Waals surface area contributed by atoms with E-state index >= 15 is 0 Å². The highest BCUT2D eigenvalue weighted by Gasteiger charge is 2.62. The van der Waals surface area contributed by atoms with E-state index < -0.39 is 17.4 Å². The zero-order chi connectivity index (χ0) is 38.0. The second-order valence-electron chi connectivity index (χ2n) is 21.9. The molecule has 0 heterocycles. The van der Waals surface area contributed by atoms with Crippen molar-refractivity contribution in [2.24, 2.45) is 33.5 Å². The minimum Gasteiger partial charge on any atom is -0.478 e. The van der Waals surface area contributed by atoms with Gasteiger partial charge in [-0.25, -0.2) is 9.59 Å². The second kappa shape index (κ2) is 10.6. The smallest absolute Gasteiger partial charge is 0.335 e. The Hall–Kier alpha value is -4.18. The van der Waals surface area contributed by atoms with Crippen LogP contribution >= 0.6 is 0 Å². The quantitative estimate of drug-likeness (QED) is 0.182. The topological polar surface area (TPSA) is 74.6 Å². The Kier molecular flexibility index (Phi) is 6.57. The molecule has 4 aromatic carbocycles. The molecule has 2 N–H and O–H groups in total. The predicted octanol–water partition coefficient (Wildman–Crippen LogP) is 11.9. The first kappa shape index (κ1) is 34.1. The van der Waals surface area contributed by atoms with Crippen molar-refractivity contribution in [1.29, 1.82) is 0 Å². The molecule has 0 amide bonds. The molecular weight excluding hydrogens is 677 g/mol. The van der Waals surface area contributed by atoms with Crippen LogP contribution in [-0.4, -0.2) is 22.2 Å². The summed E-state index contributed by atoms with van der Waals surface area (Å²) >= 11 is 0. The van der Waals surface area contributed by atoms with Gasteiger partial charge in [-0.3, -0.25) is 0 Å². The predicted molar refractivity (Wildman–Crippen MR) is 216 cm³/mol. The molecule has 4 atom stereocenters. The van der Waals surface area contributed by atoms with Crippen molar-refractivity contribution in [3.63, 3.8) is 0 Å². The average Bonchev–Trinajstić information content (AvgIpc) is 3.38. The third-order valence-electron chi connectivity index (χ3n) is 16.7. The van der Waals surface area contributed by atoms with Crippen molar-refractivity contribution in [1.82, 2.24) is 0 Å². The summed E-state index contributed by atoms with van der Waals surface area (Å²) in [5.41, 5.74) is 11.5. The molecular formula is C51H54O4. The van der Waals surface area contributed by atoms with Gasteiger partial charge < -0.3 is 10.2 Å². The first-order chi connectivity index (χ1) is 26.1. The molecule has 9 aliphatic rings. The second-order valence-corrected chi connectivity index (χ2v) is 21.9. The minimum absolute atomic E-state index is 0.133. The van der Waals surface area contributed by atoms with Crippen molar-refractivity contribution >= 4 is 11.9 Å². The normalized spacial score (nSPS) is 38.2. The van der Waals surface area contributed by atoms with Gasteiger partial charge in [-0.05, 0) is 190 Å². The van der Waals surface area contributed by atoms with Gasteiger partial charge in [0.15, 0.2) is 0 Å². The molecule has 8 saturated carbocycles. The lowest BCUT2D eigenvalue weighted by atomic mass is 9.39. The van der Waals surface area contributed by atoms with E-state index in [0.29, 0.717) is 21.7 Å². The molecule has 8 bridgehead atoms. The van der Waals surface area contributed by atoms with Gasteiger partial charge in [-0.2, -0.15) is 0 Å². The van der Waals surface area contributed by atoms with Crippen LogP contribution in [0.2, 0.25) is 0 Å². The first-order valence-electron chi connectivity index (χ1n) is 21.0. The molecule has 0 aliphatic heterocycles. The molecule has 0 aromatic heterocycles. The van der Waals surface area contributed by atoms with Gasteiger partial charge in [0.1, 0.15) is 0 Å². The Labute approximate surface area is 325 Å². The molecule has 0 saturated heterocycles. The van der Waals surface area contributed by atoms with Gasteiger partial charge in [0.2, 0.25) is 0 Å². The molecule has 4 unspecified atom stereocenters. The van der Waals surface area contributed by atoms with Crippen LogP contribution in [0, 0.1) is 33.5 Å². The van der Waals surface area contributed by atoms with Crippen LogP contribution in [0.5, 0.6) is 0 Å². The minimum atomic E-state index is -0.934. The fraction of sp³-hybridized carbons (Fsp3) is 0.490. The number of carboxylic acids is 2. The van der Waals surface area contributed by atoms with E-state index in [2.05, 4.69) is 64.1 Å². The third kappa shape index (κ3) is 4.69. The number of hydrogen-bond acceptors (Lipinski definition) is 2. The summed E-state index contributed by atoms with van der Waals surface area (Å²) in [7, 11) is 0. The zero-order valence-electron chi connectivity index (χ0n) is 32.9. The standard InChI is InChI=1S/C51H54O4/c1-45-19-31-20-46(2,25-45)28-49(23-31,27-45)37-13-15-39-40-16-14-38(50-24-32-21-47(3,29-50)26-48(4,22-32)30-50)18-42(40)51(41(39)17-37,35-9-5-33(6-10-35)43(52)53)36-11-7-34(8-12-36)44(54)55/h5-18,31-32H,19-30H2,1-4H3,(H,52,53)(H,54,55). The van der Waals surface area contributed by atoms with Gasteiger partial charge >= 0.3 is 11.9 Å². The molecule has 55 heavy (non-hydrogen) atoms. The molecule has 4 aromatic rings. The maximum absolute atomic E-state index is 12.2. The number of benzene rings is 4. The Morgan fingerprint density at radius 2 is 0.782 bits per heavy atom. The maximum Gasteiger partial charge on any atom is 0.335 e. The summed E-state index contributed by atoms with van der Waals surface area (Å²) in [6.07, 6.45) is 15.5. The number of rotatable bonds is 6. The van der Waals surface area contributed by atoms with Crippen molar-refractivity contribution in [2.45, 2.75) is 121 Å². The number of carboxylic acid groups (broad SMARTS) is 2. The highest BCUT2D eigenvalue weighted by atomic mass is 16.4. The van der Waals surface area contributed by atoms with E-state index in [9.17, 15) is 19.8 Å². The third-order valence-corrected chi connectivity index (χ3v) is 16.7. The SMILES string of the molecule is CC12CC3CC(C)(C1)CC(c1ccc4c(c1)C(c1ccc(C(=O)O)cc1)(c1ccc(C(=O)O)cc1)c1cc(C56CC7CC(C)(CC(C)(C7)C5)C6)ccc1-4)(C3)C2. The summed E-state index contributed by atoms with van der Waals surface area (Å²) in [5, 5.41) is 20.0. The Morgan fingerprint density at radius 3 is 1.09 bits per heavy atom. The van der Waals surface area contributed by atoms with Crippen molar-refractivity contribution < 1.29 is 19.8 Å². The summed E-state index contributed by atoms with van der Waals surface area (Å²) in [5.74, 6) is -0.341. The lowest BCUT2D eigenvalue weighted by Crippen LogP contribution is -2.56. The molecule has 0 radical (unpaired) electrons. The number of fused-ring (bicyclic) bond motifs is 3. The van der Waals surface area contributed by atoms with E-state index in [-0.39, 0.29) is 22.0 Å². The zero-order valence-corrected chi connectivity index (χ0v) is 32.9. The van der Waals surface area contributed by atoms with Crippen molar-refractivity contribution in [3.8, 4) is 11.1 Å². The average molecular weight is 731 g/mol. The lowest BCUT2D eigenvalue weighted by Gasteiger charge is -2.65. The van der Waals surface area contributed by atoms with Crippen LogP contribution in [0.25, 0.3) is 11.1 Å². The van der Waals surface area contributed by atoms with Gasteiger partial charge in [0.05, 0.1) is 16.5 Å². The van der Waals surface area contributed by atoms with Gasteiger partial charge in [0.25, 0.3) is 0 Å². The van der Waals surface area contributed by atoms with Crippen LogP contribution in [0.15, 0.2) is 84.9 Å². The van der Waals surface area contributed by atoms with Gasteiger partial charge in [0, 0.05) is 0 Å². The van der Waals surface area contributed by atoms with Crippen molar-refractivity contribution in [3.05, 3.63) is 129 Å². The molecule has 9 aliphatic carbocycles. The van der Waals surface area contributed by atoms with E-state index in [0.717, 1.165) is 23.0 Å². The van der Waals surface area contributed by atoms with E-state index in [4.69, 9.17) is 0 Å². The van der Waals surface area contributed by atoms with Gasteiger partial charge in [-0.1, -0.05) is 88.4 Å². The Morgan fingerprint density at radius 1 is 0.455 bits per heavy atom. The Bertz CT molecular complexity index is 2130. The number of hydrogen-bond donors (Lipinski definition) is 2. The fourth-order valence-electron chi connectivity index (χ4n) is 17.0. The summed E-state index contributed by atoms with van der Waals surface area (Å²) in [6, 6.07) is 30.1.